The van der Waals surface area contributed by atoms with Gasteiger partial charge in [0.2, 0.25) is 5.75 Å². The smallest absolute Gasteiger partial charge is 0.203 e. The second-order valence-corrected chi connectivity index (χ2v) is 5.30. The van der Waals surface area contributed by atoms with Crippen molar-refractivity contribution in [3.05, 3.63) is 53.1 Å². The summed E-state index contributed by atoms with van der Waals surface area (Å²) in [5, 5.41) is 3.16. The van der Waals surface area contributed by atoms with Crippen molar-refractivity contribution in [1.29, 1.82) is 0 Å². The third kappa shape index (κ3) is 3.94. The number of methoxy groups -OCH3 is 3. The minimum atomic E-state index is -0.464. The molecule has 24 heavy (non-hydrogen) atoms. The van der Waals surface area contributed by atoms with Crippen LogP contribution in [0.3, 0.4) is 0 Å². The Morgan fingerprint density at radius 2 is 1.58 bits per heavy atom. The highest BCUT2D eigenvalue weighted by Gasteiger charge is 2.16. The molecule has 4 nitrogen and oxygen atoms in total. The summed E-state index contributed by atoms with van der Waals surface area (Å²) in [4.78, 5) is 0. The number of halogens is 2. The van der Waals surface area contributed by atoms with E-state index in [1.54, 1.807) is 14.2 Å². The predicted molar refractivity (Wildman–Crippen MR) is 87.7 cm³/mol. The van der Waals surface area contributed by atoms with Crippen LogP contribution in [0.15, 0.2) is 30.3 Å². The number of hydrogen-bond donors (Lipinski definition) is 1. The third-order valence-electron chi connectivity index (χ3n) is 3.79. The van der Waals surface area contributed by atoms with Gasteiger partial charge in [0.1, 0.15) is 11.6 Å². The lowest BCUT2D eigenvalue weighted by atomic mass is 10.1. The molecule has 0 amide bonds. The van der Waals surface area contributed by atoms with E-state index in [4.69, 9.17) is 14.2 Å². The van der Waals surface area contributed by atoms with Crippen LogP contribution in [0.25, 0.3) is 0 Å². The summed E-state index contributed by atoms with van der Waals surface area (Å²) in [6.07, 6.45) is 0. The van der Waals surface area contributed by atoms with E-state index in [1.807, 2.05) is 19.1 Å². The highest BCUT2D eigenvalue weighted by atomic mass is 19.1. The van der Waals surface area contributed by atoms with Gasteiger partial charge >= 0.3 is 0 Å². The molecule has 0 radical (unpaired) electrons. The van der Waals surface area contributed by atoms with Crippen molar-refractivity contribution < 1.29 is 23.0 Å². The van der Waals surface area contributed by atoms with Crippen LogP contribution in [-0.4, -0.2) is 21.3 Å². The fourth-order valence-corrected chi connectivity index (χ4v) is 2.41. The van der Waals surface area contributed by atoms with E-state index in [2.05, 4.69) is 5.32 Å². The van der Waals surface area contributed by atoms with Crippen molar-refractivity contribution in [3.63, 3.8) is 0 Å². The second-order valence-electron chi connectivity index (χ2n) is 5.30. The van der Waals surface area contributed by atoms with Crippen molar-refractivity contribution in [2.24, 2.45) is 0 Å². The number of ether oxygens (including phenoxy) is 3. The van der Waals surface area contributed by atoms with Gasteiger partial charge in [-0.3, -0.25) is 0 Å². The Morgan fingerprint density at radius 3 is 2.12 bits per heavy atom. The molecule has 0 fully saturated rings. The Labute approximate surface area is 140 Å². The van der Waals surface area contributed by atoms with E-state index in [0.29, 0.717) is 17.2 Å². The van der Waals surface area contributed by atoms with E-state index in [1.165, 1.54) is 13.2 Å². The summed E-state index contributed by atoms with van der Waals surface area (Å²) in [6, 6.07) is 6.91. The molecule has 0 spiro atoms. The van der Waals surface area contributed by atoms with E-state index in [-0.39, 0.29) is 18.2 Å². The van der Waals surface area contributed by atoms with Gasteiger partial charge in [-0.15, -0.1) is 0 Å². The highest BCUT2D eigenvalue weighted by Crippen LogP contribution is 2.39. The summed E-state index contributed by atoms with van der Waals surface area (Å²) in [5.74, 6) is 0.677. The summed E-state index contributed by atoms with van der Waals surface area (Å²) in [5.41, 5.74) is 1.15. The van der Waals surface area contributed by atoms with Gasteiger partial charge in [0.05, 0.1) is 21.3 Å². The predicted octanol–water partition coefficient (Wildman–Crippen LogP) is 3.84. The molecule has 0 saturated carbocycles. The quantitative estimate of drug-likeness (QED) is 0.833. The first-order chi connectivity index (χ1) is 11.5. The molecule has 2 aromatic carbocycles. The van der Waals surface area contributed by atoms with Crippen LogP contribution < -0.4 is 19.5 Å². The zero-order chi connectivity index (χ0) is 17.7. The molecule has 130 valence electrons. The topological polar surface area (TPSA) is 39.7 Å². The van der Waals surface area contributed by atoms with Gasteiger partial charge in [-0.05, 0) is 42.8 Å². The summed E-state index contributed by atoms with van der Waals surface area (Å²) < 4.78 is 42.9. The van der Waals surface area contributed by atoms with Gasteiger partial charge in [-0.1, -0.05) is 0 Å². The van der Waals surface area contributed by atoms with Gasteiger partial charge in [-0.25, -0.2) is 8.78 Å². The third-order valence-corrected chi connectivity index (χ3v) is 3.79. The van der Waals surface area contributed by atoms with Crippen LogP contribution in [-0.2, 0) is 6.54 Å². The van der Waals surface area contributed by atoms with Gasteiger partial charge < -0.3 is 19.5 Å². The Hall–Kier alpha value is -2.34. The standard InChI is InChI=1S/C18H21F2NO3/c1-11(21-10-13-7-14(19)5-6-15(13)20)12-8-16(22-2)18(24-4)17(9-12)23-3/h5-9,11,21H,10H2,1-4H3/t11-/m0/s1. The van der Waals surface area contributed by atoms with Crippen molar-refractivity contribution in [2.45, 2.75) is 19.5 Å². The van der Waals surface area contributed by atoms with E-state index >= 15 is 0 Å². The van der Waals surface area contributed by atoms with Crippen LogP contribution in [0, 0.1) is 11.6 Å². The fraction of sp³-hybridized carbons (Fsp3) is 0.333. The molecule has 6 heteroatoms. The lowest BCUT2D eigenvalue weighted by Crippen LogP contribution is -2.19. The maximum Gasteiger partial charge on any atom is 0.203 e. The molecule has 0 aliphatic carbocycles. The Balaban J connectivity index is 2.20. The summed E-state index contributed by atoms with van der Waals surface area (Å²) >= 11 is 0. The van der Waals surface area contributed by atoms with Crippen LogP contribution in [0.4, 0.5) is 8.78 Å². The summed E-state index contributed by atoms with van der Waals surface area (Å²) in [6.45, 7) is 2.11. The van der Waals surface area contributed by atoms with Gasteiger partial charge in [0.15, 0.2) is 11.5 Å². The van der Waals surface area contributed by atoms with Gasteiger partial charge in [0, 0.05) is 18.2 Å². The normalized spacial score (nSPS) is 11.9. The SMILES string of the molecule is COc1cc([C@H](C)NCc2cc(F)ccc2F)cc(OC)c1OC. The fourth-order valence-electron chi connectivity index (χ4n) is 2.41. The number of hydrogen-bond acceptors (Lipinski definition) is 4. The average Bonchev–Trinajstić information content (AvgIpc) is 2.60. The van der Waals surface area contributed by atoms with Crippen molar-refractivity contribution >= 4 is 0 Å². The summed E-state index contributed by atoms with van der Waals surface area (Å²) in [7, 11) is 4.62. The zero-order valence-electron chi connectivity index (χ0n) is 14.2. The van der Waals surface area contributed by atoms with Crippen molar-refractivity contribution in [1.82, 2.24) is 5.32 Å². The van der Waals surface area contributed by atoms with E-state index in [9.17, 15) is 8.78 Å². The minimum absolute atomic E-state index is 0.138. The van der Waals surface area contributed by atoms with Crippen molar-refractivity contribution in [3.8, 4) is 17.2 Å². The molecule has 0 aliphatic rings. The molecule has 0 bridgehead atoms. The Morgan fingerprint density at radius 1 is 0.958 bits per heavy atom. The molecular formula is C18H21F2NO3. The van der Waals surface area contributed by atoms with Crippen LogP contribution in [0.5, 0.6) is 17.2 Å². The maximum absolute atomic E-state index is 13.7. The molecule has 2 rings (SSSR count). The molecular weight excluding hydrogens is 316 g/mol. The lowest BCUT2D eigenvalue weighted by Gasteiger charge is -2.19. The molecule has 1 N–H and O–H groups in total. The van der Waals surface area contributed by atoms with Gasteiger partial charge in [0.25, 0.3) is 0 Å². The average molecular weight is 337 g/mol. The lowest BCUT2D eigenvalue weighted by molar-refractivity contribution is 0.323. The van der Waals surface area contributed by atoms with Crippen LogP contribution in [0.1, 0.15) is 24.1 Å². The van der Waals surface area contributed by atoms with Crippen LogP contribution in [0.2, 0.25) is 0 Å². The van der Waals surface area contributed by atoms with E-state index in [0.717, 1.165) is 17.7 Å². The highest BCUT2D eigenvalue weighted by molar-refractivity contribution is 5.54. The monoisotopic (exact) mass is 337 g/mol. The largest absolute Gasteiger partial charge is 0.493 e. The first-order valence-electron chi connectivity index (χ1n) is 7.47. The number of benzene rings is 2. The van der Waals surface area contributed by atoms with Crippen LogP contribution >= 0.6 is 0 Å². The number of rotatable bonds is 7. The van der Waals surface area contributed by atoms with E-state index < -0.39 is 11.6 Å². The minimum Gasteiger partial charge on any atom is -0.493 e. The molecule has 2 aromatic rings. The molecule has 0 aliphatic heterocycles. The molecule has 0 heterocycles. The first kappa shape index (κ1) is 18.0. The van der Waals surface area contributed by atoms with Gasteiger partial charge in [-0.2, -0.15) is 0 Å². The molecule has 0 aromatic heterocycles. The molecule has 1 atom stereocenters. The Kier molecular flexibility index (Phi) is 5.98. The molecule has 0 unspecified atom stereocenters. The maximum atomic E-state index is 13.7. The number of nitrogens with one attached hydrogen (secondary N) is 1. The zero-order valence-corrected chi connectivity index (χ0v) is 14.2. The second kappa shape index (κ2) is 7.97. The Bertz CT molecular complexity index is 682. The molecule has 0 saturated heterocycles. The first-order valence-corrected chi connectivity index (χ1v) is 7.47. The van der Waals surface area contributed by atoms with Crippen molar-refractivity contribution in [2.75, 3.05) is 21.3 Å².